The molecule has 9 heteroatoms. The average molecular weight is 438 g/mol. The smallest absolute Gasteiger partial charge is 0.340 e. The van der Waals surface area contributed by atoms with Crippen molar-refractivity contribution in [1.82, 2.24) is 0 Å². The predicted octanol–water partition coefficient (Wildman–Crippen LogP) is 3.34. The summed E-state index contributed by atoms with van der Waals surface area (Å²) < 4.78 is 37.6. The van der Waals surface area contributed by atoms with E-state index >= 15 is 0 Å². The molecule has 2 aromatic rings. The number of hydrogen-bond acceptors (Lipinski definition) is 7. The van der Waals surface area contributed by atoms with E-state index < -0.39 is 28.5 Å². The molecule has 0 N–H and O–H groups in total. The number of sulfonamides is 1. The minimum Gasteiger partial charge on any atom is -0.465 e. The molecule has 0 aliphatic carbocycles. The van der Waals surface area contributed by atoms with Crippen LogP contribution >= 0.6 is 11.8 Å². The fraction of sp³-hybridized carbons (Fsp3) is 0.300. The Labute approximate surface area is 175 Å². The number of benzene rings is 2. The van der Waals surface area contributed by atoms with Crippen LogP contribution in [0.1, 0.15) is 24.2 Å². The quantitative estimate of drug-likeness (QED) is 0.439. The summed E-state index contributed by atoms with van der Waals surface area (Å²) in [7, 11) is -4.15. The first kappa shape index (κ1) is 22.8. The summed E-state index contributed by atoms with van der Waals surface area (Å²) in [4.78, 5) is 25.4. The molecule has 2 rings (SSSR count). The maximum atomic E-state index is 13.4. The summed E-state index contributed by atoms with van der Waals surface area (Å²) in [5, 5.41) is 0. The van der Waals surface area contributed by atoms with Crippen molar-refractivity contribution in [3.63, 3.8) is 0 Å². The van der Waals surface area contributed by atoms with Crippen LogP contribution < -0.4 is 4.31 Å². The van der Waals surface area contributed by atoms with E-state index in [2.05, 4.69) is 0 Å². The second kappa shape index (κ2) is 10.3. The van der Waals surface area contributed by atoms with Gasteiger partial charge in [0.25, 0.3) is 10.0 Å². The average Bonchev–Trinajstić information content (AvgIpc) is 2.72. The highest BCUT2D eigenvalue weighted by Gasteiger charge is 2.31. The molecular weight excluding hydrogens is 414 g/mol. The summed E-state index contributed by atoms with van der Waals surface area (Å²) >= 11 is 1.48. The van der Waals surface area contributed by atoms with E-state index in [4.69, 9.17) is 9.47 Å². The Morgan fingerprint density at radius 2 is 1.59 bits per heavy atom. The van der Waals surface area contributed by atoms with E-state index in [1.807, 2.05) is 6.26 Å². The molecule has 0 radical (unpaired) electrons. The van der Waals surface area contributed by atoms with Crippen LogP contribution in [0.15, 0.2) is 58.3 Å². The van der Waals surface area contributed by atoms with E-state index in [0.717, 1.165) is 9.20 Å². The van der Waals surface area contributed by atoms with Gasteiger partial charge in [-0.3, -0.25) is 9.10 Å². The minimum absolute atomic E-state index is 0.00161. The highest BCUT2D eigenvalue weighted by molar-refractivity contribution is 7.98. The molecule has 29 heavy (non-hydrogen) atoms. The molecule has 0 aliphatic rings. The minimum atomic E-state index is -4.15. The van der Waals surface area contributed by atoms with Gasteiger partial charge < -0.3 is 9.47 Å². The summed E-state index contributed by atoms with van der Waals surface area (Å²) in [6.45, 7) is 2.95. The standard InChI is InChI=1S/C20H23NO6S2/c1-4-26-19(22)14-21(18-9-7-6-8-17(18)20(23)27-5-2)29(24,25)16-12-10-15(28-3)11-13-16/h6-13H,4-5,14H2,1-3H3. The molecule has 0 aromatic heterocycles. The molecule has 0 bridgehead atoms. The van der Waals surface area contributed by atoms with E-state index in [9.17, 15) is 18.0 Å². The van der Waals surface area contributed by atoms with E-state index in [1.165, 1.54) is 36.0 Å². The SMILES string of the molecule is CCOC(=O)CN(c1ccccc1C(=O)OCC)S(=O)(=O)c1ccc(SC)cc1. The number of rotatable bonds is 9. The fourth-order valence-corrected chi connectivity index (χ4v) is 4.41. The maximum Gasteiger partial charge on any atom is 0.340 e. The third kappa shape index (κ3) is 5.51. The Balaban J connectivity index is 2.58. The summed E-state index contributed by atoms with van der Waals surface area (Å²) in [5.74, 6) is -1.40. The van der Waals surface area contributed by atoms with Gasteiger partial charge in [0.2, 0.25) is 0 Å². The number of nitrogens with zero attached hydrogens (tertiary/aromatic N) is 1. The normalized spacial score (nSPS) is 11.0. The van der Waals surface area contributed by atoms with Gasteiger partial charge in [-0.25, -0.2) is 13.2 Å². The van der Waals surface area contributed by atoms with Crippen LogP contribution in [-0.4, -0.2) is 46.4 Å². The molecule has 0 fully saturated rings. The van der Waals surface area contributed by atoms with Crippen molar-refractivity contribution in [1.29, 1.82) is 0 Å². The molecule has 2 aromatic carbocycles. The zero-order valence-corrected chi connectivity index (χ0v) is 18.1. The molecule has 0 spiro atoms. The van der Waals surface area contributed by atoms with Gasteiger partial charge in [-0.1, -0.05) is 12.1 Å². The Morgan fingerprint density at radius 1 is 0.966 bits per heavy atom. The van der Waals surface area contributed by atoms with Crippen LogP contribution in [0.25, 0.3) is 0 Å². The highest BCUT2D eigenvalue weighted by atomic mass is 32.2. The monoisotopic (exact) mass is 437 g/mol. The van der Waals surface area contributed by atoms with Crippen molar-refractivity contribution in [3.8, 4) is 0 Å². The van der Waals surface area contributed by atoms with Crippen molar-refractivity contribution in [2.24, 2.45) is 0 Å². The number of esters is 2. The van der Waals surface area contributed by atoms with Gasteiger partial charge in [-0.05, 0) is 56.5 Å². The molecule has 0 saturated heterocycles. The molecule has 7 nitrogen and oxygen atoms in total. The summed E-state index contributed by atoms with van der Waals surface area (Å²) in [5.41, 5.74) is 0.0934. The Morgan fingerprint density at radius 3 is 2.17 bits per heavy atom. The van der Waals surface area contributed by atoms with Crippen molar-refractivity contribution < 1.29 is 27.5 Å². The van der Waals surface area contributed by atoms with Gasteiger partial charge >= 0.3 is 11.9 Å². The lowest BCUT2D eigenvalue weighted by molar-refractivity contribution is -0.141. The van der Waals surface area contributed by atoms with Crippen molar-refractivity contribution in [3.05, 3.63) is 54.1 Å². The molecule has 0 saturated carbocycles. The van der Waals surface area contributed by atoms with Gasteiger partial charge in [-0.15, -0.1) is 11.8 Å². The van der Waals surface area contributed by atoms with Crippen LogP contribution in [0.3, 0.4) is 0 Å². The summed E-state index contributed by atoms with van der Waals surface area (Å²) in [6, 6.07) is 12.4. The Hall–Kier alpha value is -2.52. The number of ether oxygens (including phenoxy) is 2. The Bertz CT molecular complexity index is 957. The zero-order chi connectivity index (χ0) is 21.4. The molecule has 0 heterocycles. The van der Waals surface area contributed by atoms with Gasteiger partial charge in [0.05, 0.1) is 29.4 Å². The van der Waals surface area contributed by atoms with E-state index in [-0.39, 0.29) is 29.4 Å². The highest BCUT2D eigenvalue weighted by Crippen LogP contribution is 2.29. The molecule has 0 aliphatic heterocycles. The van der Waals surface area contributed by atoms with Crippen LogP contribution in [0, 0.1) is 0 Å². The number of para-hydroxylation sites is 1. The number of carbonyl (C=O) groups excluding carboxylic acids is 2. The first-order valence-corrected chi connectivity index (χ1v) is 11.6. The molecular formula is C20H23NO6S2. The van der Waals surface area contributed by atoms with Crippen LogP contribution in [0.2, 0.25) is 0 Å². The largest absolute Gasteiger partial charge is 0.465 e. The molecule has 0 atom stereocenters. The summed E-state index contributed by atoms with van der Waals surface area (Å²) in [6.07, 6.45) is 1.88. The first-order valence-electron chi connectivity index (χ1n) is 8.93. The van der Waals surface area contributed by atoms with Crippen molar-refractivity contribution in [2.75, 3.05) is 30.3 Å². The van der Waals surface area contributed by atoms with Gasteiger partial charge in [-0.2, -0.15) is 0 Å². The van der Waals surface area contributed by atoms with Crippen LogP contribution in [0.5, 0.6) is 0 Å². The van der Waals surface area contributed by atoms with E-state index in [0.29, 0.717) is 0 Å². The van der Waals surface area contributed by atoms with Gasteiger partial charge in [0.15, 0.2) is 0 Å². The lowest BCUT2D eigenvalue weighted by Crippen LogP contribution is -2.37. The molecule has 0 unspecified atom stereocenters. The second-order valence-corrected chi connectivity index (χ2v) is 8.47. The predicted molar refractivity (Wildman–Crippen MR) is 112 cm³/mol. The number of thioether (sulfide) groups is 1. The van der Waals surface area contributed by atoms with Crippen molar-refractivity contribution in [2.45, 2.75) is 23.6 Å². The zero-order valence-electron chi connectivity index (χ0n) is 16.5. The van der Waals surface area contributed by atoms with Gasteiger partial charge in [0, 0.05) is 4.90 Å². The topological polar surface area (TPSA) is 90.0 Å². The number of carbonyl (C=O) groups is 2. The fourth-order valence-electron chi connectivity index (χ4n) is 2.57. The van der Waals surface area contributed by atoms with E-state index in [1.54, 1.807) is 38.1 Å². The molecule has 156 valence electrons. The second-order valence-electron chi connectivity index (χ2n) is 5.73. The number of hydrogen-bond donors (Lipinski definition) is 0. The third-order valence-corrected chi connectivity index (χ3v) is 6.41. The maximum absolute atomic E-state index is 13.4. The van der Waals surface area contributed by atoms with Crippen molar-refractivity contribution >= 4 is 39.4 Å². The van der Waals surface area contributed by atoms with Crippen LogP contribution in [-0.2, 0) is 24.3 Å². The lowest BCUT2D eigenvalue weighted by Gasteiger charge is -2.25. The van der Waals surface area contributed by atoms with Gasteiger partial charge in [0.1, 0.15) is 6.54 Å². The van der Waals surface area contributed by atoms with Crippen LogP contribution in [0.4, 0.5) is 5.69 Å². The molecule has 0 amide bonds. The number of anilines is 1. The first-order chi connectivity index (χ1) is 13.8. The third-order valence-electron chi connectivity index (χ3n) is 3.89. The lowest BCUT2D eigenvalue weighted by atomic mass is 10.2. The Kier molecular flexibility index (Phi) is 8.10.